The highest BCUT2D eigenvalue weighted by molar-refractivity contribution is 7.12. The summed E-state index contributed by atoms with van der Waals surface area (Å²) in [5.74, 6) is -0.177. The fraction of sp³-hybridized carbons (Fsp3) is 0.194. The van der Waals surface area contributed by atoms with Gasteiger partial charge in [-0.2, -0.15) is 0 Å². The van der Waals surface area contributed by atoms with Crippen LogP contribution in [0, 0.1) is 5.92 Å². The summed E-state index contributed by atoms with van der Waals surface area (Å²) >= 11 is 3.28. The first kappa shape index (κ1) is 22.3. The number of fused-ring (bicyclic) bond motifs is 1. The van der Waals surface area contributed by atoms with E-state index in [0.29, 0.717) is 0 Å². The normalized spacial score (nSPS) is 22.6. The largest absolute Gasteiger partial charge is 0.363 e. The van der Waals surface area contributed by atoms with Crippen LogP contribution in [0.25, 0.3) is 11.1 Å². The van der Waals surface area contributed by atoms with Crippen molar-refractivity contribution in [3.05, 3.63) is 123 Å². The lowest BCUT2D eigenvalue weighted by atomic mass is 9.57. The highest BCUT2D eigenvalue weighted by Crippen LogP contribution is 2.60. The Hall–Kier alpha value is -3.21. The molecule has 1 spiro atoms. The molecule has 2 atom stereocenters. The van der Waals surface area contributed by atoms with Gasteiger partial charge >= 0.3 is 0 Å². The number of rotatable bonds is 4. The maximum atomic E-state index is 14.5. The summed E-state index contributed by atoms with van der Waals surface area (Å²) in [7, 11) is 2.17. The van der Waals surface area contributed by atoms with Crippen LogP contribution in [0.4, 0.5) is 5.69 Å². The molecule has 2 aromatic heterocycles. The smallest absolute Gasteiger partial charge is 0.182 e. The average Bonchev–Trinajstić information content (AvgIpc) is 3.64. The van der Waals surface area contributed by atoms with Crippen molar-refractivity contribution < 1.29 is 4.79 Å². The van der Waals surface area contributed by atoms with Crippen LogP contribution in [0.2, 0.25) is 0 Å². The minimum Gasteiger partial charge on any atom is -0.363 e. The van der Waals surface area contributed by atoms with E-state index in [1.165, 1.54) is 33.0 Å². The fourth-order valence-corrected chi connectivity index (χ4v) is 7.59. The van der Waals surface area contributed by atoms with Gasteiger partial charge in [-0.3, -0.25) is 4.79 Å². The summed E-state index contributed by atoms with van der Waals surface area (Å²) in [6.07, 6.45) is 4.65. The van der Waals surface area contributed by atoms with Gasteiger partial charge in [0, 0.05) is 23.0 Å². The van der Waals surface area contributed by atoms with Crippen molar-refractivity contribution in [1.82, 2.24) is 0 Å². The Morgan fingerprint density at radius 2 is 1.57 bits per heavy atom. The van der Waals surface area contributed by atoms with Crippen LogP contribution in [-0.2, 0) is 5.41 Å². The number of allylic oxidation sites excluding steroid dienone is 2. The van der Waals surface area contributed by atoms with E-state index in [1.54, 1.807) is 11.3 Å². The lowest BCUT2D eigenvalue weighted by Gasteiger charge is -2.52. The molecule has 35 heavy (non-hydrogen) atoms. The number of benzene rings is 2. The van der Waals surface area contributed by atoms with Gasteiger partial charge in [0.1, 0.15) is 0 Å². The van der Waals surface area contributed by atoms with Crippen LogP contribution in [0.3, 0.4) is 0 Å². The molecule has 0 saturated carbocycles. The summed E-state index contributed by atoms with van der Waals surface area (Å²) < 4.78 is 0. The molecular formula is C31H27NOS2. The van der Waals surface area contributed by atoms with Crippen LogP contribution in [0.15, 0.2) is 102 Å². The van der Waals surface area contributed by atoms with Gasteiger partial charge < -0.3 is 4.90 Å². The highest BCUT2D eigenvalue weighted by atomic mass is 32.1. The van der Waals surface area contributed by atoms with E-state index in [1.807, 2.05) is 23.6 Å². The van der Waals surface area contributed by atoms with Crippen LogP contribution >= 0.6 is 22.7 Å². The average molecular weight is 494 g/mol. The van der Waals surface area contributed by atoms with Crippen LogP contribution < -0.4 is 4.90 Å². The predicted octanol–water partition coefficient (Wildman–Crippen LogP) is 7.96. The molecule has 0 unspecified atom stereocenters. The Morgan fingerprint density at radius 3 is 2.26 bits per heavy atom. The second kappa shape index (κ2) is 8.18. The summed E-state index contributed by atoms with van der Waals surface area (Å²) in [6, 6.07) is 27.3. The first-order valence-corrected chi connectivity index (χ1v) is 13.7. The molecule has 0 radical (unpaired) electrons. The zero-order valence-corrected chi connectivity index (χ0v) is 21.7. The number of carbonyl (C=O) groups excluding carboxylic acids is 1. The Labute approximate surface area is 214 Å². The Morgan fingerprint density at radius 1 is 0.857 bits per heavy atom. The third-order valence-corrected chi connectivity index (χ3v) is 9.68. The van der Waals surface area contributed by atoms with E-state index in [9.17, 15) is 4.79 Å². The van der Waals surface area contributed by atoms with Crippen LogP contribution in [-0.4, -0.2) is 18.4 Å². The molecule has 4 heteroatoms. The minimum atomic E-state index is -0.572. The number of ketones is 1. The van der Waals surface area contributed by atoms with Crippen LogP contribution in [0.1, 0.15) is 39.5 Å². The first-order chi connectivity index (χ1) is 16.9. The van der Waals surface area contributed by atoms with Gasteiger partial charge in [0.2, 0.25) is 0 Å². The number of hydrogen-bond acceptors (Lipinski definition) is 4. The fourth-order valence-electron chi connectivity index (χ4n) is 6.18. The topological polar surface area (TPSA) is 20.3 Å². The van der Waals surface area contributed by atoms with Gasteiger partial charge in [-0.05, 0) is 63.4 Å². The molecule has 174 valence electrons. The molecule has 0 bridgehead atoms. The third kappa shape index (κ3) is 3.17. The molecule has 6 rings (SSSR count). The second-order valence-corrected chi connectivity index (χ2v) is 11.7. The number of Topliss-reactive ketones (excluding diaryl/α,β-unsaturated/α-hetero) is 1. The zero-order chi connectivity index (χ0) is 24.2. The maximum absolute atomic E-state index is 14.5. The summed E-state index contributed by atoms with van der Waals surface area (Å²) in [4.78, 5) is 18.9. The Balaban J connectivity index is 1.69. The molecular weight excluding hydrogens is 466 g/mol. The molecule has 3 heterocycles. The van der Waals surface area contributed by atoms with Gasteiger partial charge in [-0.15, -0.1) is 22.7 Å². The minimum absolute atomic E-state index is 0.185. The van der Waals surface area contributed by atoms with Gasteiger partial charge in [0.25, 0.3) is 0 Å². The van der Waals surface area contributed by atoms with E-state index in [-0.39, 0.29) is 17.1 Å². The van der Waals surface area contributed by atoms with Crippen molar-refractivity contribution in [2.75, 3.05) is 11.9 Å². The van der Waals surface area contributed by atoms with Crippen molar-refractivity contribution in [3.63, 3.8) is 0 Å². The van der Waals surface area contributed by atoms with Gasteiger partial charge in [-0.25, -0.2) is 0 Å². The van der Waals surface area contributed by atoms with Crippen molar-refractivity contribution in [2.24, 2.45) is 5.92 Å². The van der Waals surface area contributed by atoms with Crippen molar-refractivity contribution >= 4 is 45.3 Å². The van der Waals surface area contributed by atoms with Gasteiger partial charge in [0.05, 0.1) is 16.3 Å². The summed E-state index contributed by atoms with van der Waals surface area (Å²) in [6.45, 7) is 4.61. The third-order valence-electron chi connectivity index (χ3n) is 7.87. The molecule has 1 aliphatic heterocycles. The first-order valence-electron chi connectivity index (χ1n) is 11.9. The Kier molecular flexibility index (Phi) is 5.21. The van der Waals surface area contributed by atoms with E-state index in [2.05, 4.69) is 104 Å². The lowest BCUT2D eigenvalue weighted by molar-refractivity contribution is 0.0890. The number of hydrogen-bond donors (Lipinski definition) is 0. The predicted molar refractivity (Wildman–Crippen MR) is 149 cm³/mol. The molecule has 2 aliphatic rings. The maximum Gasteiger partial charge on any atom is 0.182 e. The van der Waals surface area contributed by atoms with E-state index in [4.69, 9.17) is 0 Å². The molecule has 2 aromatic carbocycles. The van der Waals surface area contributed by atoms with Crippen molar-refractivity contribution in [3.8, 4) is 0 Å². The second-order valence-electron chi connectivity index (χ2n) is 9.84. The quantitative estimate of drug-likeness (QED) is 0.269. The van der Waals surface area contributed by atoms with Crippen molar-refractivity contribution in [1.29, 1.82) is 0 Å². The van der Waals surface area contributed by atoms with Crippen LogP contribution in [0.5, 0.6) is 0 Å². The Bertz CT molecular complexity index is 1440. The SMILES string of the molecule is CN1c2ccccc2C(C)(C)[C@@]12C=C(c1cccs1)C=C(c1ccccc1)[C@@H]2C(=O)c1cccs1. The molecule has 0 fully saturated rings. The molecule has 0 saturated heterocycles. The zero-order valence-electron chi connectivity index (χ0n) is 20.1. The summed E-state index contributed by atoms with van der Waals surface area (Å²) in [5, 5.41) is 4.12. The molecule has 4 aromatic rings. The molecule has 1 aliphatic carbocycles. The van der Waals surface area contributed by atoms with E-state index in [0.717, 1.165) is 16.0 Å². The number of anilines is 1. The molecule has 0 N–H and O–H groups in total. The standard InChI is InChI=1S/C31H27NOS2/c1-30(2)24-13-7-8-14-25(24)32(3)31(30)20-22(26-15-9-17-34-26)19-23(21-11-5-4-6-12-21)28(31)29(33)27-16-10-18-35-27/h4-20,28H,1-3H3/t28-,31+/m1/s1. The van der Waals surface area contributed by atoms with Crippen molar-refractivity contribution in [2.45, 2.75) is 24.8 Å². The number of carbonyl (C=O) groups is 1. The number of likely N-dealkylation sites (N-methyl/N-ethyl adjacent to an activating group) is 1. The lowest BCUT2D eigenvalue weighted by Crippen LogP contribution is -2.61. The highest BCUT2D eigenvalue weighted by Gasteiger charge is 2.62. The number of nitrogens with zero attached hydrogens (tertiary/aromatic N) is 1. The van der Waals surface area contributed by atoms with E-state index < -0.39 is 5.54 Å². The molecule has 0 amide bonds. The molecule has 2 nitrogen and oxygen atoms in total. The number of thiophene rings is 2. The monoisotopic (exact) mass is 493 g/mol. The number of para-hydroxylation sites is 1. The van der Waals surface area contributed by atoms with E-state index >= 15 is 0 Å². The van der Waals surface area contributed by atoms with Gasteiger partial charge in [0.15, 0.2) is 5.78 Å². The summed E-state index contributed by atoms with van der Waals surface area (Å²) in [5.41, 5.74) is 4.96. The van der Waals surface area contributed by atoms with Gasteiger partial charge in [-0.1, -0.05) is 74.5 Å².